The first-order valence-electron chi connectivity index (χ1n) is 11.0. The summed E-state index contributed by atoms with van der Waals surface area (Å²) in [6.45, 7) is 4.17. The smallest absolute Gasteiger partial charge is 0.154 e. The Morgan fingerprint density at radius 1 is 1.13 bits per heavy atom. The third-order valence-electron chi connectivity index (χ3n) is 5.85. The highest BCUT2D eigenvalue weighted by Crippen LogP contribution is 2.28. The predicted octanol–water partition coefficient (Wildman–Crippen LogP) is 3.98. The molecule has 1 saturated heterocycles. The number of aliphatic imine (C=N–C) groups is 1. The second kappa shape index (κ2) is 9.43. The second-order valence-electron chi connectivity index (χ2n) is 8.44. The van der Waals surface area contributed by atoms with E-state index in [1.165, 1.54) is 24.0 Å². The van der Waals surface area contributed by atoms with E-state index in [0.717, 1.165) is 36.9 Å². The molecule has 0 amide bonds. The number of aliphatic hydroxyl groups is 1. The van der Waals surface area contributed by atoms with Crippen molar-refractivity contribution < 1.29 is 5.11 Å². The van der Waals surface area contributed by atoms with Gasteiger partial charge in [0.2, 0.25) is 0 Å². The second-order valence-corrected chi connectivity index (χ2v) is 8.44. The molecule has 1 N–H and O–H groups in total. The number of hydrogen-bond acceptors (Lipinski definition) is 6. The molecule has 2 aliphatic rings. The van der Waals surface area contributed by atoms with Gasteiger partial charge in [0.05, 0.1) is 18.0 Å². The third-order valence-corrected chi connectivity index (χ3v) is 5.85. The molecule has 1 aromatic heterocycles. The molecule has 0 spiro atoms. The Bertz CT molecular complexity index is 1020. The van der Waals surface area contributed by atoms with E-state index < -0.39 is 0 Å². The molecule has 0 bridgehead atoms. The van der Waals surface area contributed by atoms with Crippen molar-refractivity contribution in [3.63, 3.8) is 0 Å². The highest BCUT2D eigenvalue weighted by Gasteiger charge is 2.18. The molecule has 31 heavy (non-hydrogen) atoms. The molecule has 2 aliphatic heterocycles. The van der Waals surface area contributed by atoms with Crippen LogP contribution in [-0.2, 0) is 6.61 Å². The van der Waals surface area contributed by atoms with Crippen LogP contribution >= 0.6 is 0 Å². The van der Waals surface area contributed by atoms with Crippen molar-refractivity contribution in [2.24, 2.45) is 4.99 Å². The first kappa shape index (κ1) is 21.2. The molecule has 6 heteroatoms. The number of aromatic nitrogens is 2. The van der Waals surface area contributed by atoms with Crippen molar-refractivity contribution in [3.05, 3.63) is 70.8 Å². The van der Waals surface area contributed by atoms with Crippen LogP contribution in [0.3, 0.4) is 0 Å². The van der Waals surface area contributed by atoms with Gasteiger partial charge in [-0.15, -0.1) is 0 Å². The Morgan fingerprint density at radius 2 is 1.90 bits per heavy atom. The minimum atomic E-state index is -0.0931. The molecule has 1 aromatic carbocycles. The van der Waals surface area contributed by atoms with Crippen LogP contribution in [0.2, 0.25) is 0 Å². The van der Waals surface area contributed by atoms with E-state index in [1.807, 2.05) is 32.3 Å². The van der Waals surface area contributed by atoms with Crippen molar-refractivity contribution in [2.75, 3.05) is 32.1 Å². The molecule has 0 radical (unpaired) electrons. The Labute approximate surface area is 184 Å². The summed E-state index contributed by atoms with van der Waals surface area (Å²) in [6.07, 6.45) is 9.33. The van der Waals surface area contributed by atoms with Gasteiger partial charge in [0.15, 0.2) is 5.82 Å². The number of aliphatic hydroxyl groups excluding tert-OH is 1. The summed E-state index contributed by atoms with van der Waals surface area (Å²) in [5, 5.41) is 9.66. The van der Waals surface area contributed by atoms with E-state index in [4.69, 9.17) is 9.98 Å². The first-order chi connectivity index (χ1) is 15.0. The normalized spacial score (nSPS) is 20.6. The zero-order valence-electron chi connectivity index (χ0n) is 18.6. The Hall–Kier alpha value is -2.99. The minimum Gasteiger partial charge on any atom is -0.390 e. The van der Waals surface area contributed by atoms with Gasteiger partial charge in [-0.25, -0.2) is 15.0 Å². The lowest BCUT2D eigenvalue weighted by atomic mass is 9.91. The quantitative estimate of drug-likeness (QED) is 0.815. The molecule has 3 heterocycles. The molecule has 0 saturated carbocycles. The van der Waals surface area contributed by atoms with Crippen LogP contribution in [0.4, 0.5) is 5.82 Å². The van der Waals surface area contributed by atoms with E-state index in [0.29, 0.717) is 17.4 Å². The number of rotatable bonds is 4. The summed E-state index contributed by atoms with van der Waals surface area (Å²) in [5.74, 6) is 2.84. The average Bonchev–Trinajstić information content (AvgIpc) is 3.32. The van der Waals surface area contributed by atoms with E-state index in [9.17, 15) is 5.11 Å². The van der Waals surface area contributed by atoms with Crippen molar-refractivity contribution in [3.8, 4) is 0 Å². The van der Waals surface area contributed by atoms with Crippen LogP contribution in [0.25, 0.3) is 6.08 Å². The highest BCUT2D eigenvalue weighted by molar-refractivity contribution is 6.00. The highest BCUT2D eigenvalue weighted by atomic mass is 16.3. The third kappa shape index (κ3) is 4.85. The van der Waals surface area contributed by atoms with Crippen LogP contribution in [0.15, 0.2) is 53.2 Å². The van der Waals surface area contributed by atoms with Gasteiger partial charge >= 0.3 is 0 Å². The topological polar surface area (TPSA) is 64.9 Å². The van der Waals surface area contributed by atoms with Gasteiger partial charge in [0.1, 0.15) is 11.7 Å². The summed E-state index contributed by atoms with van der Waals surface area (Å²) in [4.78, 5) is 18.5. The van der Waals surface area contributed by atoms with E-state index in [-0.39, 0.29) is 6.61 Å². The maximum absolute atomic E-state index is 9.66. The maximum Gasteiger partial charge on any atom is 0.154 e. The van der Waals surface area contributed by atoms with Gasteiger partial charge in [-0.1, -0.05) is 37.3 Å². The molecule has 1 atom stereocenters. The standard InChI is InChI=1S/C25H31N5O/c1-18-10-11-19(27-25(29(2)3)22-9-5-4-8-21(18)22)12-13-23-26-20(17-31)16-24(28-23)30-14-6-7-15-30/h4-5,8-9,11-13,16,18,31H,6-7,10,14-15,17H2,1-3H3/b13-12+,19-11+,27-25?. The molecule has 162 valence electrons. The summed E-state index contributed by atoms with van der Waals surface area (Å²) in [7, 11) is 4.05. The van der Waals surface area contributed by atoms with E-state index in [1.54, 1.807) is 0 Å². The fourth-order valence-corrected chi connectivity index (χ4v) is 4.16. The lowest BCUT2D eigenvalue weighted by Gasteiger charge is -2.23. The average molecular weight is 418 g/mol. The largest absolute Gasteiger partial charge is 0.390 e. The first-order valence-corrected chi connectivity index (χ1v) is 11.0. The zero-order chi connectivity index (χ0) is 21.8. The van der Waals surface area contributed by atoms with Crippen LogP contribution in [0, 0.1) is 0 Å². The molecular weight excluding hydrogens is 386 g/mol. The van der Waals surface area contributed by atoms with Crippen molar-refractivity contribution in [1.82, 2.24) is 14.9 Å². The number of amidine groups is 1. The van der Waals surface area contributed by atoms with Crippen LogP contribution in [0.5, 0.6) is 0 Å². The molecule has 2 aromatic rings. The molecule has 1 unspecified atom stereocenters. The monoisotopic (exact) mass is 417 g/mol. The summed E-state index contributed by atoms with van der Waals surface area (Å²) >= 11 is 0. The van der Waals surface area contributed by atoms with Gasteiger partial charge in [0, 0.05) is 38.8 Å². The number of benzene rings is 1. The molecule has 1 fully saturated rings. The number of hydrogen-bond donors (Lipinski definition) is 1. The fraction of sp³-hybridized carbons (Fsp3) is 0.400. The zero-order valence-corrected chi connectivity index (χ0v) is 18.6. The van der Waals surface area contributed by atoms with Gasteiger partial charge in [0.25, 0.3) is 0 Å². The number of allylic oxidation sites excluding steroid dienone is 2. The number of nitrogens with zero attached hydrogens (tertiary/aromatic N) is 5. The van der Waals surface area contributed by atoms with Crippen LogP contribution in [-0.4, -0.2) is 53.0 Å². The van der Waals surface area contributed by atoms with Gasteiger partial charge in [-0.2, -0.15) is 0 Å². The van der Waals surface area contributed by atoms with E-state index >= 15 is 0 Å². The van der Waals surface area contributed by atoms with Gasteiger partial charge in [-0.05, 0) is 42.9 Å². The molecular formula is C25H31N5O. The lowest BCUT2D eigenvalue weighted by molar-refractivity contribution is 0.276. The summed E-state index contributed by atoms with van der Waals surface area (Å²) in [5.41, 5.74) is 4.03. The summed E-state index contributed by atoms with van der Waals surface area (Å²) < 4.78 is 0. The molecule has 6 nitrogen and oxygen atoms in total. The van der Waals surface area contributed by atoms with Gasteiger partial charge in [-0.3, -0.25) is 0 Å². The van der Waals surface area contributed by atoms with Gasteiger partial charge < -0.3 is 14.9 Å². The van der Waals surface area contributed by atoms with Crippen LogP contribution < -0.4 is 4.90 Å². The maximum atomic E-state index is 9.66. The molecule has 4 rings (SSSR count). The summed E-state index contributed by atoms with van der Waals surface area (Å²) in [6, 6.07) is 10.4. The SMILES string of the molecule is CC1C/C=C(\C=C\c2nc(CO)cc(N3CCCC3)n2)N=C(N(C)C)c2ccccc21. The predicted molar refractivity (Wildman–Crippen MR) is 126 cm³/mol. The molecule has 0 aliphatic carbocycles. The number of anilines is 1. The van der Waals surface area contributed by atoms with Crippen molar-refractivity contribution in [2.45, 2.75) is 38.7 Å². The van der Waals surface area contributed by atoms with Crippen LogP contribution in [0.1, 0.15) is 54.7 Å². The Kier molecular flexibility index (Phi) is 6.47. The Morgan fingerprint density at radius 3 is 2.65 bits per heavy atom. The van der Waals surface area contributed by atoms with E-state index in [2.05, 4.69) is 52.0 Å². The van der Waals surface area contributed by atoms with Crippen molar-refractivity contribution >= 4 is 17.7 Å². The fourth-order valence-electron chi connectivity index (χ4n) is 4.16. The Balaban J connectivity index is 1.67. The minimum absolute atomic E-state index is 0.0931. The number of fused-ring (bicyclic) bond motifs is 1. The lowest BCUT2D eigenvalue weighted by Crippen LogP contribution is -2.25. The van der Waals surface area contributed by atoms with Crippen molar-refractivity contribution in [1.29, 1.82) is 0 Å².